The van der Waals surface area contributed by atoms with Crippen LogP contribution in [-0.2, 0) is 25.7 Å². The highest BCUT2D eigenvalue weighted by atomic mass is 16.6. The van der Waals surface area contributed by atoms with Crippen LogP contribution in [0.25, 0.3) is 0 Å². The molecule has 11 nitrogen and oxygen atoms in total. The van der Waals surface area contributed by atoms with Crippen LogP contribution >= 0.6 is 0 Å². The maximum absolute atomic E-state index is 14.1. The lowest BCUT2D eigenvalue weighted by Crippen LogP contribution is -2.70. The van der Waals surface area contributed by atoms with Gasteiger partial charge in [0.25, 0.3) is 0 Å². The average Bonchev–Trinajstić information content (AvgIpc) is 3.25. The van der Waals surface area contributed by atoms with E-state index >= 15 is 0 Å². The van der Waals surface area contributed by atoms with E-state index in [1.165, 1.54) is 109 Å². The quantitative estimate of drug-likeness (QED) is 0.0418. The van der Waals surface area contributed by atoms with E-state index in [1.807, 2.05) is 44.2 Å². The molecule has 1 aromatic rings. The van der Waals surface area contributed by atoms with Crippen molar-refractivity contribution in [3.63, 3.8) is 0 Å². The summed E-state index contributed by atoms with van der Waals surface area (Å²) >= 11 is 0. The lowest BCUT2D eigenvalue weighted by Gasteiger charge is -2.47. The SMILES string of the molecule is CCCCCCCCCCCCCCCCCCN(C(=O)CCCCCCCCCCC)[C@@H]1O[C@H](CO)[C@@H](O)[C@H](O)[C@H]1NC(=O)[C@H](CC(C)C)NC(=O)OCc1ccccc1. The van der Waals surface area contributed by atoms with Gasteiger partial charge in [0.1, 0.15) is 37.0 Å². The number of carbonyl (C=O) groups is 3. The third-order valence-corrected chi connectivity index (χ3v) is 12.1. The molecule has 1 aliphatic rings. The lowest BCUT2D eigenvalue weighted by molar-refractivity contribution is -0.231. The number of rotatable bonds is 36. The van der Waals surface area contributed by atoms with E-state index in [-0.39, 0.29) is 24.9 Å². The molecule has 0 spiro atoms. The first kappa shape index (κ1) is 54.4. The molecule has 0 unspecified atom stereocenters. The topological polar surface area (TPSA) is 158 Å². The van der Waals surface area contributed by atoms with Crippen LogP contribution in [0.4, 0.5) is 4.79 Å². The summed E-state index contributed by atoms with van der Waals surface area (Å²) in [6.45, 7) is 8.15. The van der Waals surface area contributed by atoms with Crippen LogP contribution in [0.2, 0.25) is 0 Å². The van der Waals surface area contributed by atoms with Gasteiger partial charge in [-0.05, 0) is 30.7 Å². The number of amides is 3. The molecule has 0 bridgehead atoms. The van der Waals surface area contributed by atoms with Gasteiger partial charge >= 0.3 is 6.09 Å². The Morgan fingerprint density at radius 1 is 0.689 bits per heavy atom. The predicted molar refractivity (Wildman–Crippen MR) is 246 cm³/mol. The summed E-state index contributed by atoms with van der Waals surface area (Å²) in [6, 6.07) is 7.01. The third kappa shape index (κ3) is 24.1. The van der Waals surface area contributed by atoms with Gasteiger partial charge in [-0.15, -0.1) is 0 Å². The van der Waals surface area contributed by atoms with Crippen LogP contribution in [0.15, 0.2) is 30.3 Å². The molecule has 1 aliphatic heterocycles. The molecule has 1 heterocycles. The van der Waals surface area contributed by atoms with E-state index < -0.39 is 55.2 Å². The number of hydrogen-bond donors (Lipinski definition) is 5. The standard InChI is InChI=1S/C50H89N3O8/c1-5-7-9-11-13-15-16-17-18-19-20-21-23-25-27-32-36-53(44(55)35-31-26-24-22-14-12-10-8-6-2)49-45(47(57)46(56)43(38-54)61-49)52-48(58)42(37-40(3)4)51-50(59)60-39-41-33-29-28-30-34-41/h28-30,33-34,40,42-43,45-47,49,54,56-57H,5-27,31-32,35-39H2,1-4H3,(H,51,59)(H,52,58)/t42-,43+,45+,46+,47+,49+/m0/s1. The van der Waals surface area contributed by atoms with Gasteiger partial charge in [-0.3, -0.25) is 9.59 Å². The van der Waals surface area contributed by atoms with Crippen molar-refractivity contribution in [2.24, 2.45) is 5.92 Å². The van der Waals surface area contributed by atoms with E-state index in [2.05, 4.69) is 24.5 Å². The predicted octanol–water partition coefficient (Wildman–Crippen LogP) is 10.3. The zero-order chi connectivity index (χ0) is 44.5. The minimum atomic E-state index is -1.54. The highest BCUT2D eigenvalue weighted by molar-refractivity contribution is 5.86. The van der Waals surface area contributed by atoms with E-state index in [0.29, 0.717) is 19.4 Å². The number of aliphatic hydroxyl groups is 3. The minimum absolute atomic E-state index is 0.0159. The maximum atomic E-state index is 14.1. The summed E-state index contributed by atoms with van der Waals surface area (Å²) in [7, 11) is 0. The molecule has 352 valence electrons. The van der Waals surface area contributed by atoms with Crippen molar-refractivity contribution in [3.8, 4) is 0 Å². The molecule has 11 heteroatoms. The normalized spacial score (nSPS) is 19.4. The summed E-state index contributed by atoms with van der Waals surface area (Å²) in [5.74, 6) is -0.719. The third-order valence-electron chi connectivity index (χ3n) is 12.1. The Morgan fingerprint density at radius 2 is 1.16 bits per heavy atom. The van der Waals surface area contributed by atoms with Crippen molar-refractivity contribution in [1.82, 2.24) is 15.5 Å². The number of ether oxygens (including phenoxy) is 2. The molecule has 2 rings (SSSR count). The molecule has 61 heavy (non-hydrogen) atoms. The summed E-state index contributed by atoms with van der Waals surface area (Å²) in [4.78, 5) is 42.6. The second-order valence-corrected chi connectivity index (χ2v) is 18.1. The Kier molecular flexibility index (Phi) is 31.0. The summed E-state index contributed by atoms with van der Waals surface area (Å²) in [5, 5.41) is 38.2. The van der Waals surface area contributed by atoms with Crippen molar-refractivity contribution < 1.29 is 39.2 Å². The van der Waals surface area contributed by atoms with Gasteiger partial charge in [-0.25, -0.2) is 4.79 Å². The van der Waals surface area contributed by atoms with Crippen LogP contribution in [0, 0.1) is 5.92 Å². The fourth-order valence-corrected chi connectivity index (χ4v) is 8.35. The first-order chi connectivity index (χ1) is 29.6. The van der Waals surface area contributed by atoms with Crippen molar-refractivity contribution in [3.05, 3.63) is 35.9 Å². The maximum Gasteiger partial charge on any atom is 0.408 e. The van der Waals surface area contributed by atoms with Crippen LogP contribution in [0.3, 0.4) is 0 Å². The Labute approximate surface area is 370 Å². The van der Waals surface area contributed by atoms with Gasteiger partial charge < -0.3 is 40.3 Å². The summed E-state index contributed by atoms with van der Waals surface area (Å²) in [6.07, 6.45) is 24.3. The molecule has 5 N–H and O–H groups in total. The number of carbonyl (C=O) groups excluding carboxylic acids is 3. The second kappa shape index (κ2) is 34.7. The number of aliphatic hydroxyl groups excluding tert-OH is 3. The highest BCUT2D eigenvalue weighted by Crippen LogP contribution is 2.26. The monoisotopic (exact) mass is 860 g/mol. The van der Waals surface area contributed by atoms with Gasteiger partial charge in [0.2, 0.25) is 11.8 Å². The molecule has 0 radical (unpaired) electrons. The van der Waals surface area contributed by atoms with E-state index in [0.717, 1.165) is 50.5 Å². The van der Waals surface area contributed by atoms with E-state index in [9.17, 15) is 29.7 Å². The number of unbranched alkanes of at least 4 members (excludes halogenated alkanes) is 23. The number of nitrogens with zero attached hydrogens (tertiary/aromatic N) is 1. The first-order valence-corrected chi connectivity index (χ1v) is 24.8. The molecule has 1 aromatic carbocycles. The van der Waals surface area contributed by atoms with Crippen LogP contribution in [0.1, 0.15) is 207 Å². The van der Waals surface area contributed by atoms with Crippen molar-refractivity contribution in [2.45, 2.75) is 244 Å². The number of alkyl carbamates (subject to hydrolysis) is 1. The Morgan fingerprint density at radius 3 is 1.64 bits per heavy atom. The highest BCUT2D eigenvalue weighted by Gasteiger charge is 2.48. The lowest BCUT2D eigenvalue weighted by atomic mass is 9.94. The molecule has 1 fully saturated rings. The number of benzene rings is 1. The zero-order valence-electron chi connectivity index (χ0n) is 39.0. The molecule has 0 aromatic heterocycles. The van der Waals surface area contributed by atoms with Gasteiger partial charge in [-0.1, -0.05) is 206 Å². The Bertz CT molecular complexity index is 1250. The molecular formula is C50H89N3O8. The van der Waals surface area contributed by atoms with Gasteiger partial charge in [-0.2, -0.15) is 0 Å². The van der Waals surface area contributed by atoms with Crippen LogP contribution < -0.4 is 10.6 Å². The molecule has 0 saturated carbocycles. The Hall–Kier alpha value is -2.73. The van der Waals surface area contributed by atoms with E-state index in [1.54, 1.807) is 4.90 Å². The van der Waals surface area contributed by atoms with Crippen molar-refractivity contribution >= 4 is 17.9 Å². The average molecular weight is 860 g/mol. The first-order valence-electron chi connectivity index (χ1n) is 24.8. The minimum Gasteiger partial charge on any atom is -0.445 e. The largest absolute Gasteiger partial charge is 0.445 e. The number of hydrogen-bond acceptors (Lipinski definition) is 8. The van der Waals surface area contributed by atoms with Crippen molar-refractivity contribution in [1.29, 1.82) is 0 Å². The molecular weight excluding hydrogens is 771 g/mol. The summed E-state index contributed by atoms with van der Waals surface area (Å²) < 4.78 is 11.7. The fourth-order valence-electron chi connectivity index (χ4n) is 8.35. The van der Waals surface area contributed by atoms with Crippen molar-refractivity contribution in [2.75, 3.05) is 13.2 Å². The molecule has 1 saturated heterocycles. The molecule has 0 aliphatic carbocycles. The summed E-state index contributed by atoms with van der Waals surface area (Å²) in [5.41, 5.74) is 0.803. The van der Waals surface area contributed by atoms with Crippen LogP contribution in [0.5, 0.6) is 0 Å². The van der Waals surface area contributed by atoms with Crippen LogP contribution in [-0.4, -0.2) is 87.9 Å². The second-order valence-electron chi connectivity index (χ2n) is 18.1. The number of nitrogens with one attached hydrogen (secondary N) is 2. The zero-order valence-corrected chi connectivity index (χ0v) is 39.0. The van der Waals surface area contributed by atoms with Gasteiger partial charge in [0.15, 0.2) is 6.23 Å². The van der Waals surface area contributed by atoms with E-state index in [4.69, 9.17) is 9.47 Å². The van der Waals surface area contributed by atoms with Gasteiger partial charge in [0.05, 0.1) is 6.61 Å². The molecule has 6 atom stereocenters. The van der Waals surface area contributed by atoms with Gasteiger partial charge in [0, 0.05) is 13.0 Å². The Balaban J connectivity index is 2.06. The molecule has 3 amide bonds. The smallest absolute Gasteiger partial charge is 0.408 e. The fraction of sp³-hybridized carbons (Fsp3) is 0.820.